The van der Waals surface area contributed by atoms with Gasteiger partial charge in [-0.15, -0.1) is 0 Å². The first kappa shape index (κ1) is 18.3. The van der Waals surface area contributed by atoms with Gasteiger partial charge in [-0.25, -0.2) is 0 Å². The number of amides is 3. The van der Waals surface area contributed by atoms with Crippen molar-refractivity contribution in [3.8, 4) is 0 Å². The van der Waals surface area contributed by atoms with Crippen molar-refractivity contribution in [1.29, 1.82) is 0 Å². The van der Waals surface area contributed by atoms with Gasteiger partial charge in [0, 0.05) is 6.54 Å². The SMILES string of the molecule is CNCC(=O)N[C@H]1COC2CCC(C(=O)NCc3ccccc3)N2C1=O. The van der Waals surface area contributed by atoms with Crippen molar-refractivity contribution in [3.05, 3.63) is 35.9 Å². The zero-order chi connectivity index (χ0) is 18.5. The summed E-state index contributed by atoms with van der Waals surface area (Å²) in [6, 6.07) is 8.27. The van der Waals surface area contributed by atoms with Gasteiger partial charge in [0.05, 0.1) is 13.2 Å². The largest absolute Gasteiger partial charge is 0.356 e. The average Bonchev–Trinajstić information content (AvgIpc) is 3.08. The van der Waals surface area contributed by atoms with Crippen LogP contribution in [-0.2, 0) is 25.7 Å². The minimum absolute atomic E-state index is 0.119. The molecule has 8 heteroatoms. The van der Waals surface area contributed by atoms with Crippen LogP contribution in [0.4, 0.5) is 0 Å². The van der Waals surface area contributed by atoms with Crippen LogP contribution in [0.3, 0.4) is 0 Å². The molecule has 0 radical (unpaired) electrons. The van der Waals surface area contributed by atoms with Crippen molar-refractivity contribution >= 4 is 17.7 Å². The lowest BCUT2D eigenvalue weighted by atomic mass is 10.1. The van der Waals surface area contributed by atoms with Gasteiger partial charge in [0.15, 0.2) is 0 Å². The molecule has 3 atom stereocenters. The summed E-state index contributed by atoms with van der Waals surface area (Å²) in [6.45, 7) is 0.661. The van der Waals surface area contributed by atoms with E-state index in [2.05, 4.69) is 16.0 Å². The summed E-state index contributed by atoms with van der Waals surface area (Å²) in [5.74, 6) is -0.740. The number of fused-ring (bicyclic) bond motifs is 1. The van der Waals surface area contributed by atoms with Gasteiger partial charge < -0.3 is 25.6 Å². The van der Waals surface area contributed by atoms with Crippen molar-refractivity contribution in [1.82, 2.24) is 20.9 Å². The second-order valence-electron chi connectivity index (χ2n) is 6.48. The Labute approximate surface area is 152 Å². The molecular formula is C18H24N4O4. The zero-order valence-corrected chi connectivity index (χ0v) is 14.7. The smallest absolute Gasteiger partial charge is 0.250 e. The molecule has 1 aromatic carbocycles. The number of rotatable bonds is 6. The fraction of sp³-hybridized carbons (Fsp3) is 0.500. The summed E-state index contributed by atoms with van der Waals surface area (Å²) in [5.41, 5.74) is 0.994. The molecule has 2 aliphatic rings. The molecule has 0 bridgehead atoms. The number of hydrogen-bond acceptors (Lipinski definition) is 5. The van der Waals surface area contributed by atoms with Gasteiger partial charge in [0.2, 0.25) is 17.7 Å². The third-order valence-corrected chi connectivity index (χ3v) is 4.63. The van der Waals surface area contributed by atoms with Crippen LogP contribution in [0.15, 0.2) is 30.3 Å². The molecule has 2 unspecified atom stereocenters. The van der Waals surface area contributed by atoms with Crippen molar-refractivity contribution in [2.75, 3.05) is 20.2 Å². The lowest BCUT2D eigenvalue weighted by Gasteiger charge is -2.37. The first-order valence-corrected chi connectivity index (χ1v) is 8.79. The molecule has 140 valence electrons. The molecule has 2 heterocycles. The molecule has 1 aromatic rings. The summed E-state index contributed by atoms with van der Waals surface area (Å²) in [4.78, 5) is 38.6. The number of ether oxygens (including phenoxy) is 1. The molecule has 0 aliphatic carbocycles. The van der Waals surface area contributed by atoms with Gasteiger partial charge in [-0.1, -0.05) is 30.3 Å². The van der Waals surface area contributed by atoms with Crippen LogP contribution in [0, 0.1) is 0 Å². The Hall–Kier alpha value is -2.45. The average molecular weight is 360 g/mol. The van der Waals surface area contributed by atoms with E-state index in [9.17, 15) is 14.4 Å². The lowest BCUT2D eigenvalue weighted by molar-refractivity contribution is -0.167. The number of hydrogen-bond donors (Lipinski definition) is 3. The predicted molar refractivity (Wildman–Crippen MR) is 93.8 cm³/mol. The molecule has 0 aromatic heterocycles. The molecule has 2 aliphatic heterocycles. The Balaban J connectivity index is 1.61. The predicted octanol–water partition coefficient (Wildman–Crippen LogP) is -0.646. The number of nitrogens with one attached hydrogen (secondary N) is 3. The van der Waals surface area contributed by atoms with E-state index in [1.807, 2.05) is 30.3 Å². The summed E-state index contributed by atoms with van der Waals surface area (Å²) in [7, 11) is 1.66. The van der Waals surface area contributed by atoms with E-state index >= 15 is 0 Å². The fourth-order valence-electron chi connectivity index (χ4n) is 3.37. The van der Waals surface area contributed by atoms with E-state index in [1.165, 1.54) is 4.90 Å². The maximum Gasteiger partial charge on any atom is 0.250 e. The highest BCUT2D eigenvalue weighted by Gasteiger charge is 2.47. The standard InChI is InChI=1S/C18H24N4O4/c1-19-10-15(23)21-13-11-26-16-8-7-14(22(16)18(13)25)17(24)20-9-12-5-3-2-4-6-12/h2-6,13-14,16,19H,7-11H2,1H3,(H,20,24)(H,21,23)/t13-,14?,16?/m0/s1. The number of carbonyl (C=O) groups excluding carboxylic acids is 3. The number of likely N-dealkylation sites (N-methyl/N-ethyl adjacent to an activating group) is 1. The molecule has 3 rings (SSSR count). The zero-order valence-electron chi connectivity index (χ0n) is 14.7. The highest BCUT2D eigenvalue weighted by Crippen LogP contribution is 2.29. The molecule has 8 nitrogen and oxygen atoms in total. The van der Waals surface area contributed by atoms with Gasteiger partial charge in [0.25, 0.3) is 0 Å². The highest BCUT2D eigenvalue weighted by molar-refractivity contribution is 5.93. The number of benzene rings is 1. The Kier molecular flexibility index (Phi) is 5.85. The normalized spacial score (nSPS) is 24.9. The quantitative estimate of drug-likeness (QED) is 0.626. The minimum atomic E-state index is -0.755. The van der Waals surface area contributed by atoms with Crippen LogP contribution < -0.4 is 16.0 Å². The van der Waals surface area contributed by atoms with E-state index in [1.54, 1.807) is 7.05 Å². The van der Waals surface area contributed by atoms with E-state index in [0.29, 0.717) is 19.4 Å². The van der Waals surface area contributed by atoms with Crippen LogP contribution in [0.25, 0.3) is 0 Å². The summed E-state index contributed by atoms with van der Waals surface area (Å²) in [5, 5.41) is 8.27. The highest BCUT2D eigenvalue weighted by atomic mass is 16.5. The van der Waals surface area contributed by atoms with E-state index in [0.717, 1.165) is 5.56 Å². The minimum Gasteiger partial charge on any atom is -0.356 e. The maximum atomic E-state index is 12.8. The van der Waals surface area contributed by atoms with Crippen LogP contribution in [-0.4, -0.2) is 61.1 Å². The molecule has 2 fully saturated rings. The summed E-state index contributed by atoms with van der Waals surface area (Å²) < 4.78 is 5.70. The first-order chi connectivity index (χ1) is 12.6. The Morgan fingerprint density at radius 1 is 1.23 bits per heavy atom. The Morgan fingerprint density at radius 2 is 2.00 bits per heavy atom. The van der Waals surface area contributed by atoms with Crippen LogP contribution in [0.2, 0.25) is 0 Å². The third-order valence-electron chi connectivity index (χ3n) is 4.63. The summed E-state index contributed by atoms with van der Waals surface area (Å²) in [6.07, 6.45) is 0.771. The van der Waals surface area contributed by atoms with Gasteiger partial charge in [-0.3, -0.25) is 14.4 Å². The number of carbonyl (C=O) groups is 3. The number of nitrogens with zero attached hydrogens (tertiary/aromatic N) is 1. The van der Waals surface area contributed by atoms with Crippen LogP contribution >= 0.6 is 0 Å². The van der Waals surface area contributed by atoms with E-state index in [4.69, 9.17) is 4.74 Å². The van der Waals surface area contributed by atoms with Crippen molar-refractivity contribution < 1.29 is 19.1 Å². The van der Waals surface area contributed by atoms with Crippen LogP contribution in [0.1, 0.15) is 18.4 Å². The molecule has 2 saturated heterocycles. The Morgan fingerprint density at radius 3 is 2.73 bits per heavy atom. The fourth-order valence-corrected chi connectivity index (χ4v) is 3.37. The van der Waals surface area contributed by atoms with Gasteiger partial charge in [0.1, 0.15) is 18.3 Å². The van der Waals surface area contributed by atoms with E-state index in [-0.39, 0.29) is 30.9 Å². The molecular weight excluding hydrogens is 336 g/mol. The van der Waals surface area contributed by atoms with Crippen molar-refractivity contribution in [3.63, 3.8) is 0 Å². The summed E-state index contributed by atoms with van der Waals surface area (Å²) >= 11 is 0. The van der Waals surface area contributed by atoms with Crippen LogP contribution in [0.5, 0.6) is 0 Å². The Bertz CT molecular complexity index is 666. The van der Waals surface area contributed by atoms with Gasteiger partial charge in [-0.2, -0.15) is 0 Å². The maximum absolute atomic E-state index is 12.8. The van der Waals surface area contributed by atoms with Crippen molar-refractivity contribution in [2.45, 2.75) is 37.7 Å². The van der Waals surface area contributed by atoms with Gasteiger partial charge in [-0.05, 0) is 25.5 Å². The molecule has 26 heavy (non-hydrogen) atoms. The van der Waals surface area contributed by atoms with Gasteiger partial charge >= 0.3 is 0 Å². The van der Waals surface area contributed by atoms with E-state index < -0.39 is 18.3 Å². The monoisotopic (exact) mass is 360 g/mol. The second kappa shape index (κ2) is 8.29. The topological polar surface area (TPSA) is 99.8 Å². The molecule has 0 spiro atoms. The first-order valence-electron chi connectivity index (χ1n) is 8.79. The molecule has 3 N–H and O–H groups in total. The lowest BCUT2D eigenvalue weighted by Crippen LogP contribution is -2.61. The second-order valence-corrected chi connectivity index (χ2v) is 6.48. The van der Waals surface area contributed by atoms with Crippen molar-refractivity contribution in [2.24, 2.45) is 0 Å². The third kappa shape index (κ3) is 4.03. The molecule has 3 amide bonds. The molecule has 0 saturated carbocycles.